The molecule has 236 valence electrons. The molecule has 6 heterocycles. The van der Waals surface area contributed by atoms with Crippen molar-refractivity contribution < 1.29 is 51.2 Å². The van der Waals surface area contributed by atoms with Gasteiger partial charge >= 0.3 is 15.6 Å². The van der Waals surface area contributed by atoms with Crippen molar-refractivity contribution in [3.63, 3.8) is 0 Å². The SMILES string of the molecule is Nc1ncnc2c1ncn2C1OC2COP(=O)(O)OC3C(COP(=O)(O)OC2C1F)CC(n1cnc2c(=O)[nH]cnc21)C3O. The predicted octanol–water partition coefficient (Wildman–Crippen LogP) is -0.283. The minimum absolute atomic E-state index is 0.0148. The van der Waals surface area contributed by atoms with Crippen molar-refractivity contribution in [2.24, 2.45) is 5.92 Å². The van der Waals surface area contributed by atoms with Gasteiger partial charge in [0, 0.05) is 5.92 Å². The Labute approximate surface area is 244 Å². The Morgan fingerprint density at radius 1 is 0.955 bits per heavy atom. The number of imidazole rings is 2. The third-order valence-corrected chi connectivity index (χ3v) is 9.72. The van der Waals surface area contributed by atoms with Crippen LogP contribution in [0.5, 0.6) is 0 Å². The molecule has 1 aliphatic carbocycles. The van der Waals surface area contributed by atoms with Crippen LogP contribution in [0.2, 0.25) is 0 Å². The molecule has 10 atom stereocenters. The number of aromatic nitrogens is 8. The van der Waals surface area contributed by atoms with Crippen LogP contribution in [0.15, 0.2) is 30.1 Å². The van der Waals surface area contributed by atoms with Crippen molar-refractivity contribution in [3.8, 4) is 0 Å². The third kappa shape index (κ3) is 5.04. The molecule has 20 nitrogen and oxygen atoms in total. The summed E-state index contributed by atoms with van der Waals surface area (Å²) >= 11 is 0. The van der Waals surface area contributed by atoms with E-state index < -0.39 is 83.2 Å². The molecular weight excluding hydrogens is 635 g/mol. The van der Waals surface area contributed by atoms with Crippen LogP contribution in [0.4, 0.5) is 10.2 Å². The van der Waals surface area contributed by atoms with Crippen molar-refractivity contribution in [1.82, 2.24) is 39.0 Å². The number of nitrogens with two attached hydrogens (primary N) is 1. The number of nitrogens with one attached hydrogen (secondary N) is 1. The van der Waals surface area contributed by atoms with Gasteiger partial charge in [0.1, 0.15) is 36.3 Å². The Balaban J connectivity index is 1.17. The number of halogens is 1. The maximum Gasteiger partial charge on any atom is 0.472 e. The number of anilines is 1. The first-order valence-electron chi connectivity index (χ1n) is 13.0. The van der Waals surface area contributed by atoms with Gasteiger partial charge in [-0.1, -0.05) is 0 Å². The van der Waals surface area contributed by atoms with E-state index in [0.29, 0.717) is 0 Å². The lowest BCUT2D eigenvalue weighted by Crippen LogP contribution is -2.36. The fourth-order valence-corrected chi connectivity index (χ4v) is 7.74. The Hall–Kier alpha value is -3.23. The molecule has 4 aromatic rings. The molecule has 1 saturated carbocycles. The van der Waals surface area contributed by atoms with Crippen molar-refractivity contribution in [3.05, 3.63) is 35.7 Å². The van der Waals surface area contributed by atoms with Gasteiger partial charge in [-0.15, -0.1) is 0 Å². The van der Waals surface area contributed by atoms with E-state index in [0.717, 1.165) is 17.2 Å². The first kappa shape index (κ1) is 29.5. The molecule has 0 bridgehead atoms. The molecular formula is C21H24FN9O11P2. The number of nitrogen functional groups attached to an aromatic ring is 1. The molecule has 0 aromatic carbocycles. The molecule has 4 aromatic heterocycles. The van der Waals surface area contributed by atoms with Crippen molar-refractivity contribution in [2.75, 3.05) is 18.9 Å². The lowest BCUT2D eigenvalue weighted by molar-refractivity contribution is -0.0592. The molecule has 2 saturated heterocycles. The van der Waals surface area contributed by atoms with Crippen molar-refractivity contribution >= 4 is 43.8 Å². The largest absolute Gasteiger partial charge is 0.472 e. The first-order chi connectivity index (χ1) is 20.9. The topological polar surface area (TPSA) is 274 Å². The highest BCUT2D eigenvalue weighted by molar-refractivity contribution is 7.47. The Bertz CT molecular complexity index is 1890. The minimum atomic E-state index is -5.02. The summed E-state index contributed by atoms with van der Waals surface area (Å²) in [7, 11) is -10.0. The van der Waals surface area contributed by atoms with E-state index in [1.807, 2.05) is 0 Å². The van der Waals surface area contributed by atoms with E-state index in [1.54, 1.807) is 0 Å². The van der Waals surface area contributed by atoms with Crippen LogP contribution in [0, 0.1) is 5.92 Å². The maximum absolute atomic E-state index is 15.9. The average Bonchev–Trinajstić information content (AvgIpc) is 3.73. The summed E-state index contributed by atoms with van der Waals surface area (Å²) in [5.74, 6) is -0.977. The summed E-state index contributed by atoms with van der Waals surface area (Å²) < 4.78 is 71.1. The molecule has 3 aliphatic rings. The van der Waals surface area contributed by atoms with Crippen molar-refractivity contribution in [1.29, 1.82) is 0 Å². The van der Waals surface area contributed by atoms with E-state index in [1.165, 1.54) is 17.2 Å². The van der Waals surface area contributed by atoms with Crippen LogP contribution >= 0.6 is 15.6 Å². The first-order valence-corrected chi connectivity index (χ1v) is 16.0. The average molecular weight is 659 g/mol. The van der Waals surface area contributed by atoms with E-state index in [9.17, 15) is 28.8 Å². The second-order valence-electron chi connectivity index (χ2n) is 10.4. The van der Waals surface area contributed by atoms with Crippen LogP contribution in [-0.2, 0) is 32.0 Å². The van der Waals surface area contributed by atoms with Crippen LogP contribution in [0.25, 0.3) is 22.3 Å². The molecule has 7 rings (SSSR count). The zero-order valence-electron chi connectivity index (χ0n) is 22.1. The number of fused-ring (bicyclic) bond motifs is 4. The van der Waals surface area contributed by atoms with Gasteiger partial charge in [-0.2, -0.15) is 0 Å². The number of aromatic amines is 1. The second kappa shape index (κ2) is 10.7. The molecule has 10 unspecified atom stereocenters. The molecule has 0 radical (unpaired) electrons. The van der Waals surface area contributed by atoms with Crippen molar-refractivity contribution in [2.45, 2.75) is 49.3 Å². The summed E-state index contributed by atoms with van der Waals surface area (Å²) in [6.45, 7) is -1.47. The van der Waals surface area contributed by atoms with Gasteiger partial charge in [-0.25, -0.2) is 38.4 Å². The van der Waals surface area contributed by atoms with Crippen LogP contribution < -0.4 is 11.3 Å². The van der Waals surface area contributed by atoms with Gasteiger partial charge in [-0.05, 0) is 6.42 Å². The fraction of sp³-hybridized carbons (Fsp3) is 0.524. The molecule has 0 amide bonds. The maximum atomic E-state index is 15.9. The Morgan fingerprint density at radius 3 is 2.43 bits per heavy atom. The van der Waals surface area contributed by atoms with Gasteiger partial charge in [0.25, 0.3) is 5.56 Å². The molecule has 2 aliphatic heterocycles. The molecule has 0 spiro atoms. The number of ether oxygens (including phenoxy) is 1. The van der Waals surface area contributed by atoms with Gasteiger partial charge in [0.2, 0.25) is 0 Å². The summed E-state index contributed by atoms with van der Waals surface area (Å²) in [5, 5.41) is 11.2. The number of phosphoric acid groups is 2. The highest BCUT2D eigenvalue weighted by Gasteiger charge is 2.54. The molecule has 3 fully saturated rings. The van der Waals surface area contributed by atoms with Crippen LogP contribution in [-0.4, -0.2) is 97.7 Å². The normalized spacial score (nSPS) is 38.3. The molecule has 6 N–H and O–H groups in total. The molecule has 44 heavy (non-hydrogen) atoms. The number of hydrogen-bond acceptors (Lipinski definition) is 15. The van der Waals surface area contributed by atoms with E-state index in [-0.39, 0.29) is 34.6 Å². The number of aliphatic hydroxyl groups excluding tert-OH is 1. The van der Waals surface area contributed by atoms with E-state index >= 15 is 4.39 Å². The van der Waals surface area contributed by atoms with Crippen LogP contribution in [0.3, 0.4) is 0 Å². The van der Waals surface area contributed by atoms with Crippen LogP contribution in [0.1, 0.15) is 18.7 Å². The highest BCUT2D eigenvalue weighted by Crippen LogP contribution is 2.55. The predicted molar refractivity (Wildman–Crippen MR) is 141 cm³/mol. The van der Waals surface area contributed by atoms with Gasteiger partial charge in [0.15, 0.2) is 35.0 Å². The van der Waals surface area contributed by atoms with Gasteiger partial charge < -0.3 is 34.9 Å². The fourth-order valence-electron chi connectivity index (χ4n) is 5.74. The van der Waals surface area contributed by atoms with Gasteiger partial charge in [-0.3, -0.25) is 27.5 Å². The zero-order chi connectivity index (χ0) is 31.0. The highest BCUT2D eigenvalue weighted by atomic mass is 31.2. The lowest BCUT2D eigenvalue weighted by Gasteiger charge is -2.28. The van der Waals surface area contributed by atoms with E-state index in [2.05, 4.69) is 29.9 Å². The number of H-pyrrole nitrogens is 1. The smallest absolute Gasteiger partial charge is 0.388 e. The minimum Gasteiger partial charge on any atom is -0.388 e. The Morgan fingerprint density at radius 2 is 1.64 bits per heavy atom. The number of phosphoric ester groups is 2. The zero-order valence-corrected chi connectivity index (χ0v) is 23.9. The number of aliphatic hydroxyl groups is 1. The third-order valence-electron chi connectivity index (χ3n) is 7.75. The summed E-state index contributed by atoms with van der Waals surface area (Å²) in [5.41, 5.74) is 5.60. The second-order valence-corrected chi connectivity index (χ2v) is 13.2. The Kier molecular flexibility index (Phi) is 7.16. The standard InChI is InChI=1S/C21H24FN9O11P2/c22-11-16-10(40-21(11)31-7-28-12-17(23)24-4-25-18(12)31)3-39-44(36,37)41-15-8(2-38-43(34,35)42-16)1-9(14(15)32)30-6-29-13-19(30)26-5-27-20(13)33/h4-11,14-16,21,32H,1-3H2,(H,34,35)(H,36,37)(H2,23,24,25)(H,26,27,33). The number of alkyl halides is 1. The summed E-state index contributed by atoms with van der Waals surface area (Å²) in [6.07, 6.45) is -5.40. The summed E-state index contributed by atoms with van der Waals surface area (Å²) in [4.78, 5) is 55.7. The number of rotatable bonds is 2. The number of nitrogens with zero attached hydrogens (tertiary/aromatic N) is 7. The van der Waals surface area contributed by atoms with E-state index in [4.69, 9.17) is 28.6 Å². The monoisotopic (exact) mass is 659 g/mol. The summed E-state index contributed by atoms with van der Waals surface area (Å²) in [6, 6.07) is -0.918. The quantitative estimate of drug-likeness (QED) is 0.173. The lowest BCUT2D eigenvalue weighted by atomic mass is 10.1. The van der Waals surface area contributed by atoms with Gasteiger partial charge in [0.05, 0.1) is 38.2 Å². The molecule has 23 heteroatoms. The number of hydrogen-bond donors (Lipinski definition) is 5.